The lowest BCUT2D eigenvalue weighted by molar-refractivity contribution is 0.237. The van der Waals surface area contributed by atoms with Crippen molar-refractivity contribution in [3.05, 3.63) is 58.5 Å². The Morgan fingerprint density at radius 3 is 2.76 bits per heavy atom. The second-order valence-corrected chi connectivity index (χ2v) is 6.89. The molecule has 1 aromatic carbocycles. The highest BCUT2D eigenvalue weighted by Gasteiger charge is 2.34. The minimum Gasteiger partial charge on any atom is -0.400 e. The van der Waals surface area contributed by atoms with Gasteiger partial charge in [0.05, 0.1) is 17.6 Å². The molecule has 1 atom stereocenters. The number of anilines is 1. The van der Waals surface area contributed by atoms with E-state index in [4.69, 9.17) is 5.73 Å². The Kier molecular flexibility index (Phi) is 3.94. The number of aromatic amines is 1. The summed E-state index contributed by atoms with van der Waals surface area (Å²) in [4.78, 5) is 2.35. The first-order valence-electron chi connectivity index (χ1n) is 8.67. The van der Waals surface area contributed by atoms with Gasteiger partial charge in [0.15, 0.2) is 5.82 Å². The molecule has 0 bridgehead atoms. The number of fused-ring (bicyclic) bond motifs is 1. The third kappa shape index (κ3) is 2.67. The Hall–Kier alpha value is -2.78. The van der Waals surface area contributed by atoms with Gasteiger partial charge < -0.3 is 16.0 Å². The van der Waals surface area contributed by atoms with E-state index in [1.165, 1.54) is 0 Å². The van der Waals surface area contributed by atoms with Crippen LogP contribution in [0.4, 0.5) is 5.82 Å². The summed E-state index contributed by atoms with van der Waals surface area (Å²) < 4.78 is 0. The molecule has 0 spiro atoms. The number of hydrogen-bond donors (Lipinski definition) is 3. The average Bonchev–Trinajstić information content (AvgIpc) is 3.10. The molecule has 4 N–H and O–H groups in total. The minimum absolute atomic E-state index is 0.138. The molecule has 128 valence electrons. The van der Waals surface area contributed by atoms with Crippen LogP contribution >= 0.6 is 0 Å². The van der Waals surface area contributed by atoms with Crippen molar-refractivity contribution in [1.82, 2.24) is 15.1 Å². The van der Waals surface area contributed by atoms with Crippen molar-refractivity contribution >= 4 is 5.82 Å². The summed E-state index contributed by atoms with van der Waals surface area (Å²) >= 11 is 0. The summed E-state index contributed by atoms with van der Waals surface area (Å²) in [7, 11) is 2.15. The van der Waals surface area contributed by atoms with Crippen LogP contribution in [0.5, 0.6) is 0 Å². The molecule has 2 aliphatic heterocycles. The molecule has 0 aliphatic carbocycles. The molecule has 0 radical (unpaired) electrons. The van der Waals surface area contributed by atoms with E-state index in [0.717, 1.165) is 54.3 Å². The molecule has 2 aliphatic rings. The van der Waals surface area contributed by atoms with E-state index in [1.54, 1.807) is 0 Å². The molecular formula is C19H22N6. The lowest BCUT2D eigenvalue weighted by Gasteiger charge is -2.35. The van der Waals surface area contributed by atoms with Gasteiger partial charge in [-0.3, -0.25) is 5.10 Å². The van der Waals surface area contributed by atoms with Gasteiger partial charge in [0.25, 0.3) is 0 Å². The van der Waals surface area contributed by atoms with Crippen molar-refractivity contribution in [3.8, 4) is 6.07 Å². The van der Waals surface area contributed by atoms with E-state index >= 15 is 0 Å². The van der Waals surface area contributed by atoms with E-state index in [0.29, 0.717) is 11.5 Å². The SMILES string of the molecule is CN1CCC(C2=C(N)C(c3ccccc3C#N)c3c[nH]nc3N2)CC1. The second-order valence-electron chi connectivity index (χ2n) is 6.89. The van der Waals surface area contributed by atoms with Crippen molar-refractivity contribution in [1.29, 1.82) is 5.26 Å². The smallest absolute Gasteiger partial charge is 0.156 e. The van der Waals surface area contributed by atoms with Crippen LogP contribution in [0, 0.1) is 17.2 Å². The Balaban J connectivity index is 1.80. The Labute approximate surface area is 147 Å². The normalized spacial score (nSPS) is 21.5. The Morgan fingerprint density at radius 2 is 2.00 bits per heavy atom. The third-order valence-electron chi connectivity index (χ3n) is 5.37. The first-order chi connectivity index (χ1) is 12.2. The highest BCUT2D eigenvalue weighted by Crippen LogP contribution is 2.42. The highest BCUT2D eigenvalue weighted by molar-refractivity contribution is 5.63. The predicted molar refractivity (Wildman–Crippen MR) is 96.6 cm³/mol. The number of nitriles is 1. The zero-order valence-corrected chi connectivity index (χ0v) is 14.3. The summed E-state index contributed by atoms with van der Waals surface area (Å²) in [5.41, 5.74) is 11.2. The summed E-state index contributed by atoms with van der Waals surface area (Å²) in [6, 6.07) is 9.98. The van der Waals surface area contributed by atoms with Crippen molar-refractivity contribution in [3.63, 3.8) is 0 Å². The van der Waals surface area contributed by atoms with Crippen LogP contribution in [0.25, 0.3) is 0 Å². The van der Waals surface area contributed by atoms with E-state index in [-0.39, 0.29) is 5.92 Å². The number of nitrogens with zero attached hydrogens (tertiary/aromatic N) is 3. The van der Waals surface area contributed by atoms with Gasteiger partial charge in [-0.1, -0.05) is 18.2 Å². The number of nitrogens with two attached hydrogens (primary N) is 1. The molecule has 0 amide bonds. The fraction of sp³-hybridized carbons (Fsp3) is 0.368. The van der Waals surface area contributed by atoms with Gasteiger partial charge >= 0.3 is 0 Å². The Morgan fingerprint density at radius 1 is 1.24 bits per heavy atom. The molecule has 0 saturated carbocycles. The predicted octanol–water partition coefficient (Wildman–Crippen LogP) is 2.35. The van der Waals surface area contributed by atoms with Crippen molar-refractivity contribution in [2.24, 2.45) is 11.7 Å². The summed E-state index contributed by atoms with van der Waals surface area (Å²) in [5, 5.41) is 20.3. The molecule has 1 saturated heterocycles. The number of hydrogen-bond acceptors (Lipinski definition) is 5. The topological polar surface area (TPSA) is 93.8 Å². The van der Waals surface area contributed by atoms with Crippen LogP contribution in [-0.2, 0) is 0 Å². The lowest BCUT2D eigenvalue weighted by Crippen LogP contribution is -2.35. The van der Waals surface area contributed by atoms with Gasteiger partial charge in [-0.15, -0.1) is 0 Å². The molecule has 25 heavy (non-hydrogen) atoms. The Bertz CT molecular complexity index is 851. The van der Waals surface area contributed by atoms with Gasteiger partial charge in [-0.25, -0.2) is 0 Å². The highest BCUT2D eigenvalue weighted by atomic mass is 15.2. The lowest BCUT2D eigenvalue weighted by atomic mass is 9.81. The maximum absolute atomic E-state index is 9.53. The van der Waals surface area contributed by atoms with E-state index in [2.05, 4.69) is 33.5 Å². The van der Waals surface area contributed by atoms with Crippen LogP contribution in [-0.4, -0.2) is 35.2 Å². The average molecular weight is 334 g/mol. The zero-order valence-electron chi connectivity index (χ0n) is 14.3. The fourth-order valence-corrected chi connectivity index (χ4v) is 3.96. The maximum atomic E-state index is 9.53. The first-order valence-corrected chi connectivity index (χ1v) is 8.67. The number of aromatic nitrogens is 2. The summed E-state index contributed by atoms with van der Waals surface area (Å²) in [6.45, 7) is 2.13. The standard InChI is InChI=1S/C19H22N6/c1-25-8-6-12(7-9-25)18-17(21)16(15-11-22-24-19(15)23-18)14-5-3-2-4-13(14)10-20/h2-5,11-12,16H,6-9,21H2,1H3,(H2,22,23,24). The number of allylic oxidation sites excluding steroid dienone is 2. The molecule has 2 aromatic rings. The molecule has 4 rings (SSSR count). The molecule has 6 nitrogen and oxygen atoms in total. The summed E-state index contributed by atoms with van der Waals surface area (Å²) in [5.74, 6) is 1.08. The van der Waals surface area contributed by atoms with Crippen molar-refractivity contribution in [2.75, 3.05) is 25.5 Å². The number of likely N-dealkylation sites (tertiary alicyclic amines) is 1. The number of H-pyrrole nitrogens is 1. The first kappa shape index (κ1) is 15.7. The zero-order chi connectivity index (χ0) is 17.4. The number of nitrogens with one attached hydrogen (secondary N) is 2. The van der Waals surface area contributed by atoms with Crippen LogP contribution in [0.1, 0.15) is 35.4 Å². The minimum atomic E-state index is -0.138. The van der Waals surface area contributed by atoms with Gasteiger partial charge in [0.2, 0.25) is 0 Å². The molecular weight excluding hydrogens is 312 g/mol. The monoisotopic (exact) mass is 334 g/mol. The van der Waals surface area contributed by atoms with Crippen LogP contribution in [0.2, 0.25) is 0 Å². The maximum Gasteiger partial charge on any atom is 0.156 e. The molecule has 3 heterocycles. The van der Waals surface area contributed by atoms with Gasteiger partial charge in [0, 0.05) is 29.1 Å². The van der Waals surface area contributed by atoms with Crippen LogP contribution in [0.3, 0.4) is 0 Å². The van der Waals surface area contributed by atoms with Crippen LogP contribution in [0.15, 0.2) is 41.9 Å². The number of benzene rings is 1. The van der Waals surface area contributed by atoms with E-state index in [1.807, 2.05) is 30.5 Å². The third-order valence-corrected chi connectivity index (χ3v) is 5.37. The van der Waals surface area contributed by atoms with E-state index in [9.17, 15) is 5.26 Å². The molecule has 6 heteroatoms. The fourth-order valence-electron chi connectivity index (χ4n) is 3.96. The summed E-state index contributed by atoms with van der Waals surface area (Å²) in [6.07, 6.45) is 4.03. The largest absolute Gasteiger partial charge is 0.400 e. The molecule has 1 aromatic heterocycles. The number of rotatable bonds is 2. The van der Waals surface area contributed by atoms with Gasteiger partial charge in [0.1, 0.15) is 0 Å². The second kappa shape index (κ2) is 6.26. The molecule has 1 fully saturated rings. The van der Waals surface area contributed by atoms with Crippen molar-refractivity contribution < 1.29 is 0 Å². The quantitative estimate of drug-likeness (QED) is 0.784. The number of piperidine rings is 1. The van der Waals surface area contributed by atoms with Gasteiger partial charge in [-0.2, -0.15) is 10.4 Å². The molecule has 1 unspecified atom stereocenters. The van der Waals surface area contributed by atoms with Crippen LogP contribution < -0.4 is 11.1 Å². The van der Waals surface area contributed by atoms with Crippen molar-refractivity contribution in [2.45, 2.75) is 18.8 Å². The van der Waals surface area contributed by atoms with E-state index < -0.39 is 0 Å². The van der Waals surface area contributed by atoms with Gasteiger partial charge in [-0.05, 0) is 44.6 Å².